The van der Waals surface area contributed by atoms with Crippen LogP contribution in [-0.4, -0.2) is 40.9 Å². The molecule has 0 aromatic heterocycles. The fourth-order valence-electron chi connectivity index (χ4n) is 3.80. The molecule has 0 bridgehead atoms. The summed E-state index contributed by atoms with van der Waals surface area (Å²) in [6.07, 6.45) is 1.24. The lowest BCUT2D eigenvalue weighted by Gasteiger charge is -2.36. The van der Waals surface area contributed by atoms with Gasteiger partial charge in [0, 0.05) is 23.4 Å². The topological polar surface area (TPSA) is 75.7 Å². The first-order valence-corrected chi connectivity index (χ1v) is 11.5. The third-order valence-corrected chi connectivity index (χ3v) is 6.96. The summed E-state index contributed by atoms with van der Waals surface area (Å²) in [6.45, 7) is 1.33. The van der Waals surface area contributed by atoms with Crippen LogP contribution in [0.3, 0.4) is 0 Å². The highest BCUT2D eigenvalue weighted by molar-refractivity contribution is 9.10. The number of nitrogens with one attached hydrogen (secondary N) is 1. The smallest absolute Gasteiger partial charge is 0.289 e. The molecule has 2 aliphatic rings. The largest absolute Gasteiger partial charge is 0.381 e. The van der Waals surface area contributed by atoms with E-state index in [9.17, 15) is 14.4 Å². The number of rotatable bonds is 5. The van der Waals surface area contributed by atoms with Gasteiger partial charge in [0.15, 0.2) is 0 Å². The van der Waals surface area contributed by atoms with Crippen molar-refractivity contribution in [2.24, 2.45) is 0 Å². The van der Waals surface area contributed by atoms with Gasteiger partial charge in [-0.15, -0.1) is 0 Å². The van der Waals surface area contributed by atoms with Crippen molar-refractivity contribution in [3.63, 3.8) is 0 Å². The molecule has 3 amide bonds. The van der Waals surface area contributed by atoms with Crippen LogP contribution in [0.15, 0.2) is 53.0 Å². The molecule has 2 heterocycles. The molecule has 4 rings (SSSR count). The van der Waals surface area contributed by atoms with Gasteiger partial charge in [0.05, 0.1) is 17.7 Å². The van der Waals surface area contributed by atoms with Crippen molar-refractivity contribution in [3.8, 4) is 0 Å². The van der Waals surface area contributed by atoms with Gasteiger partial charge in [0.25, 0.3) is 5.24 Å². The zero-order valence-electron chi connectivity index (χ0n) is 16.2. The number of carbonyl (C=O) groups excluding carboxylic acids is 3. The van der Waals surface area contributed by atoms with E-state index in [0.29, 0.717) is 31.7 Å². The number of imide groups is 1. The second-order valence-electron chi connectivity index (χ2n) is 7.39. The van der Waals surface area contributed by atoms with Crippen molar-refractivity contribution >= 4 is 50.4 Å². The number of hydrogen-bond donors (Lipinski definition) is 1. The molecular formula is C22H21BrN2O4S. The SMILES string of the molecule is O=C1CSC(=O)N1Cc1ccc(NC(=O)C2(c3ccc(Br)cc3)CCOCC2)cc1. The van der Waals surface area contributed by atoms with Crippen molar-refractivity contribution in [1.82, 2.24) is 4.90 Å². The summed E-state index contributed by atoms with van der Waals surface area (Å²) >= 11 is 4.48. The average Bonchev–Trinajstić information content (AvgIpc) is 3.08. The van der Waals surface area contributed by atoms with Crippen molar-refractivity contribution < 1.29 is 19.1 Å². The highest BCUT2D eigenvalue weighted by atomic mass is 79.9. The third kappa shape index (κ3) is 4.31. The van der Waals surface area contributed by atoms with Crippen molar-refractivity contribution in [2.45, 2.75) is 24.8 Å². The molecule has 30 heavy (non-hydrogen) atoms. The van der Waals surface area contributed by atoms with Crippen LogP contribution in [0.5, 0.6) is 0 Å². The van der Waals surface area contributed by atoms with Crippen molar-refractivity contribution in [3.05, 3.63) is 64.1 Å². The summed E-state index contributed by atoms with van der Waals surface area (Å²) in [5.74, 6) is -0.0185. The molecule has 2 aromatic carbocycles. The van der Waals surface area contributed by atoms with E-state index in [1.165, 1.54) is 4.90 Å². The number of hydrogen-bond acceptors (Lipinski definition) is 5. The van der Waals surface area contributed by atoms with Crippen LogP contribution in [0, 0.1) is 0 Å². The minimum atomic E-state index is -0.636. The molecule has 0 spiro atoms. The molecule has 2 aromatic rings. The quantitative estimate of drug-likeness (QED) is 0.677. The van der Waals surface area contributed by atoms with Gasteiger partial charge in [-0.2, -0.15) is 0 Å². The Kier molecular flexibility index (Phi) is 6.26. The van der Waals surface area contributed by atoms with Crippen LogP contribution < -0.4 is 5.32 Å². The minimum Gasteiger partial charge on any atom is -0.381 e. The number of anilines is 1. The molecule has 8 heteroatoms. The second kappa shape index (κ2) is 8.91. The van der Waals surface area contributed by atoms with Gasteiger partial charge in [-0.05, 0) is 48.2 Å². The van der Waals surface area contributed by atoms with E-state index >= 15 is 0 Å². The Bertz CT molecular complexity index is 940. The Hall–Kier alpha value is -2.16. The lowest BCUT2D eigenvalue weighted by molar-refractivity contribution is -0.125. The first-order chi connectivity index (χ1) is 14.5. The molecule has 2 aliphatic heterocycles. The number of thioether (sulfide) groups is 1. The fourth-order valence-corrected chi connectivity index (χ4v) is 4.79. The summed E-state index contributed by atoms with van der Waals surface area (Å²) in [5.41, 5.74) is 1.86. The van der Waals surface area contributed by atoms with Crippen LogP contribution >= 0.6 is 27.7 Å². The molecule has 2 saturated heterocycles. The van der Waals surface area contributed by atoms with Crippen molar-refractivity contribution in [2.75, 3.05) is 24.3 Å². The molecule has 2 fully saturated rings. The van der Waals surface area contributed by atoms with Crippen LogP contribution in [-0.2, 0) is 26.3 Å². The third-order valence-electron chi connectivity index (χ3n) is 5.57. The Morgan fingerprint density at radius 2 is 1.73 bits per heavy atom. The summed E-state index contributed by atoms with van der Waals surface area (Å²) in [7, 11) is 0. The van der Waals surface area contributed by atoms with Gasteiger partial charge in [0.2, 0.25) is 11.8 Å². The maximum absolute atomic E-state index is 13.3. The maximum Gasteiger partial charge on any atom is 0.289 e. The molecule has 1 N–H and O–H groups in total. The summed E-state index contributed by atoms with van der Waals surface area (Å²) in [5, 5.41) is 2.83. The average molecular weight is 489 g/mol. The van der Waals surface area contributed by atoms with Crippen LogP contribution in [0.25, 0.3) is 0 Å². The van der Waals surface area contributed by atoms with Gasteiger partial charge in [-0.1, -0.05) is 52.0 Å². The number of amides is 3. The lowest BCUT2D eigenvalue weighted by Crippen LogP contribution is -2.44. The van der Waals surface area contributed by atoms with E-state index < -0.39 is 5.41 Å². The number of halogens is 1. The first kappa shape index (κ1) is 21.1. The second-order valence-corrected chi connectivity index (χ2v) is 9.23. The highest BCUT2D eigenvalue weighted by Crippen LogP contribution is 2.37. The Morgan fingerprint density at radius 1 is 1.07 bits per heavy atom. The van der Waals surface area contributed by atoms with E-state index in [1.807, 2.05) is 36.4 Å². The number of ether oxygens (including phenoxy) is 1. The zero-order valence-corrected chi connectivity index (χ0v) is 18.6. The van der Waals surface area contributed by atoms with Crippen molar-refractivity contribution in [1.29, 1.82) is 0 Å². The molecule has 0 aliphatic carbocycles. The summed E-state index contributed by atoms with van der Waals surface area (Å²) in [4.78, 5) is 38.1. The fraction of sp³-hybridized carbons (Fsp3) is 0.318. The first-order valence-electron chi connectivity index (χ1n) is 9.69. The highest BCUT2D eigenvalue weighted by Gasteiger charge is 2.41. The van der Waals surface area contributed by atoms with Gasteiger partial charge in [-0.25, -0.2) is 0 Å². The molecule has 0 radical (unpaired) electrons. The summed E-state index contributed by atoms with van der Waals surface area (Å²) in [6, 6.07) is 15.1. The minimum absolute atomic E-state index is 0.0535. The molecule has 0 unspecified atom stereocenters. The van der Waals surface area contributed by atoms with E-state index in [-0.39, 0.29) is 29.4 Å². The standard InChI is InChI=1S/C22H21BrN2O4S/c23-17-5-3-16(4-6-17)22(9-11-29-12-10-22)20(27)24-18-7-1-15(2-8-18)13-25-19(26)14-30-21(25)28/h1-8H,9-14H2,(H,24,27). The zero-order chi connectivity index (χ0) is 21.1. The molecule has 0 saturated carbocycles. The van der Waals surface area contributed by atoms with Crippen LogP contribution in [0.1, 0.15) is 24.0 Å². The van der Waals surface area contributed by atoms with Crippen LogP contribution in [0.4, 0.5) is 10.5 Å². The van der Waals surface area contributed by atoms with Gasteiger partial charge >= 0.3 is 0 Å². The maximum atomic E-state index is 13.3. The molecular weight excluding hydrogens is 468 g/mol. The van der Waals surface area contributed by atoms with Gasteiger partial charge in [-0.3, -0.25) is 19.3 Å². The Labute approximate surface area is 187 Å². The van der Waals surface area contributed by atoms with E-state index in [0.717, 1.165) is 27.4 Å². The molecule has 6 nitrogen and oxygen atoms in total. The Balaban J connectivity index is 1.49. The lowest BCUT2D eigenvalue weighted by atomic mass is 9.73. The predicted molar refractivity (Wildman–Crippen MR) is 119 cm³/mol. The van der Waals surface area contributed by atoms with Gasteiger partial charge < -0.3 is 10.1 Å². The Morgan fingerprint density at radius 3 is 2.33 bits per heavy atom. The normalized spacial score (nSPS) is 18.5. The van der Waals surface area contributed by atoms with E-state index in [2.05, 4.69) is 21.2 Å². The predicted octanol–water partition coefficient (Wildman–Crippen LogP) is 4.33. The molecule has 156 valence electrons. The van der Waals surface area contributed by atoms with E-state index in [1.54, 1.807) is 12.1 Å². The van der Waals surface area contributed by atoms with E-state index in [4.69, 9.17) is 4.74 Å². The molecule has 0 atom stereocenters. The number of nitrogens with zero attached hydrogens (tertiary/aromatic N) is 1. The number of carbonyl (C=O) groups is 3. The van der Waals surface area contributed by atoms with Gasteiger partial charge in [0.1, 0.15) is 0 Å². The number of benzene rings is 2. The van der Waals surface area contributed by atoms with Crippen LogP contribution in [0.2, 0.25) is 0 Å². The summed E-state index contributed by atoms with van der Waals surface area (Å²) < 4.78 is 6.49. The monoisotopic (exact) mass is 488 g/mol.